The van der Waals surface area contributed by atoms with Gasteiger partial charge >= 0.3 is 0 Å². The van der Waals surface area contributed by atoms with Crippen LogP contribution in [0.4, 0.5) is 0 Å². The predicted molar refractivity (Wildman–Crippen MR) is 76.9 cm³/mol. The number of nitrogens with zero attached hydrogens (tertiary/aromatic N) is 1. The Morgan fingerprint density at radius 1 is 1.28 bits per heavy atom. The molecule has 2 nitrogen and oxygen atoms in total. The fraction of sp³-hybridized carbons (Fsp3) is 0.400. The molecule has 0 radical (unpaired) electrons. The highest BCUT2D eigenvalue weighted by atomic mass is 32.1. The number of hydrogen-bond donors (Lipinski definition) is 1. The number of benzene rings is 1. The number of thiazole rings is 1. The Morgan fingerprint density at radius 2 is 2.17 bits per heavy atom. The van der Waals surface area contributed by atoms with E-state index in [-0.39, 0.29) is 0 Å². The maximum absolute atomic E-state index is 4.73. The monoisotopic (exact) mass is 258 g/mol. The highest BCUT2D eigenvalue weighted by Crippen LogP contribution is 2.23. The van der Waals surface area contributed by atoms with Gasteiger partial charge in [0.25, 0.3) is 0 Å². The normalized spacial score (nSPS) is 19.2. The molecule has 1 aliphatic rings. The maximum Gasteiger partial charge on any atom is 0.0933 e. The molecule has 1 aliphatic heterocycles. The average molecular weight is 258 g/mol. The molecule has 1 aromatic carbocycles. The molecule has 18 heavy (non-hydrogen) atoms. The van der Waals surface area contributed by atoms with Gasteiger partial charge in [0.2, 0.25) is 0 Å². The zero-order chi connectivity index (χ0) is 12.2. The van der Waals surface area contributed by atoms with Crippen molar-refractivity contribution in [1.29, 1.82) is 0 Å². The second kappa shape index (κ2) is 5.63. The van der Waals surface area contributed by atoms with Crippen LogP contribution in [0.3, 0.4) is 0 Å². The van der Waals surface area contributed by atoms with E-state index in [2.05, 4.69) is 35.0 Å². The highest BCUT2D eigenvalue weighted by molar-refractivity contribution is 7.09. The molecule has 1 atom stereocenters. The van der Waals surface area contributed by atoms with Gasteiger partial charge in [0.1, 0.15) is 0 Å². The smallest absolute Gasteiger partial charge is 0.0933 e. The van der Waals surface area contributed by atoms with Crippen molar-refractivity contribution in [3.05, 3.63) is 40.7 Å². The molecule has 94 valence electrons. The molecule has 3 rings (SSSR count). The Morgan fingerprint density at radius 3 is 2.94 bits per heavy atom. The molecular weight excluding hydrogens is 240 g/mol. The molecule has 0 aliphatic carbocycles. The molecule has 1 saturated heterocycles. The summed E-state index contributed by atoms with van der Waals surface area (Å²) >= 11 is 1.79. The molecule has 1 N–H and O–H groups in total. The Bertz CT molecular complexity index is 486. The van der Waals surface area contributed by atoms with E-state index in [1.54, 1.807) is 11.3 Å². The zero-order valence-electron chi connectivity index (χ0n) is 10.4. The largest absolute Gasteiger partial charge is 0.314 e. The van der Waals surface area contributed by atoms with Gasteiger partial charge in [0.05, 0.1) is 10.7 Å². The van der Waals surface area contributed by atoms with Crippen LogP contribution in [0.15, 0.2) is 35.7 Å². The predicted octanol–water partition coefficient (Wildman–Crippen LogP) is 3.49. The third-order valence-corrected chi connectivity index (χ3v) is 4.40. The third kappa shape index (κ3) is 2.79. The second-order valence-electron chi connectivity index (χ2n) is 4.82. The van der Waals surface area contributed by atoms with Crippen molar-refractivity contribution >= 4 is 11.3 Å². The van der Waals surface area contributed by atoms with Crippen LogP contribution in [0.1, 0.15) is 24.3 Å². The topological polar surface area (TPSA) is 24.9 Å². The molecule has 0 amide bonds. The van der Waals surface area contributed by atoms with Crippen molar-refractivity contribution in [2.45, 2.75) is 31.7 Å². The highest BCUT2D eigenvalue weighted by Gasteiger charge is 2.14. The van der Waals surface area contributed by atoms with Crippen molar-refractivity contribution < 1.29 is 0 Å². The molecule has 1 unspecified atom stereocenters. The van der Waals surface area contributed by atoms with Gasteiger partial charge in [0.15, 0.2) is 0 Å². The first kappa shape index (κ1) is 11.9. The number of hydrogen-bond acceptors (Lipinski definition) is 3. The standard InChI is InChI=1S/C15H18N2S/c1-2-5-12(6-3-1)14-11-18-15(17-14)9-8-13-7-4-10-16-13/h1-3,5-6,11,13,16H,4,7-10H2. The van der Waals surface area contributed by atoms with Gasteiger partial charge in [-0.3, -0.25) is 0 Å². The summed E-state index contributed by atoms with van der Waals surface area (Å²) in [5.41, 5.74) is 2.34. The van der Waals surface area contributed by atoms with Gasteiger partial charge in [-0.05, 0) is 25.8 Å². The van der Waals surface area contributed by atoms with Gasteiger partial charge in [-0.1, -0.05) is 30.3 Å². The van der Waals surface area contributed by atoms with E-state index < -0.39 is 0 Å². The van der Waals surface area contributed by atoms with Gasteiger partial charge in [-0.25, -0.2) is 4.98 Å². The van der Waals surface area contributed by atoms with E-state index in [0.29, 0.717) is 6.04 Å². The quantitative estimate of drug-likeness (QED) is 0.908. The Hall–Kier alpha value is -1.19. The third-order valence-electron chi connectivity index (χ3n) is 3.49. The Labute approximate surface area is 112 Å². The molecule has 3 heteroatoms. The van der Waals surface area contributed by atoms with Crippen LogP contribution in [0.5, 0.6) is 0 Å². The van der Waals surface area contributed by atoms with Crippen molar-refractivity contribution in [3.8, 4) is 11.3 Å². The summed E-state index contributed by atoms with van der Waals surface area (Å²) in [6, 6.07) is 11.1. The minimum Gasteiger partial charge on any atom is -0.314 e. The number of rotatable bonds is 4. The van der Waals surface area contributed by atoms with E-state index in [1.807, 2.05) is 6.07 Å². The molecule has 0 saturated carbocycles. The van der Waals surface area contributed by atoms with Crippen molar-refractivity contribution in [3.63, 3.8) is 0 Å². The molecule has 1 aromatic heterocycles. The number of aryl methyl sites for hydroxylation is 1. The summed E-state index contributed by atoms with van der Waals surface area (Å²) in [5.74, 6) is 0. The summed E-state index contributed by atoms with van der Waals surface area (Å²) in [7, 11) is 0. The lowest BCUT2D eigenvalue weighted by Crippen LogP contribution is -2.21. The van der Waals surface area contributed by atoms with Gasteiger partial charge in [-0.15, -0.1) is 11.3 Å². The minimum atomic E-state index is 0.717. The van der Waals surface area contributed by atoms with Gasteiger partial charge in [0, 0.05) is 23.4 Å². The van der Waals surface area contributed by atoms with Gasteiger partial charge < -0.3 is 5.32 Å². The van der Waals surface area contributed by atoms with E-state index in [0.717, 1.165) is 12.1 Å². The van der Waals surface area contributed by atoms with Crippen LogP contribution in [0.2, 0.25) is 0 Å². The summed E-state index contributed by atoms with van der Waals surface area (Å²) in [6.45, 7) is 1.19. The van der Waals surface area contributed by atoms with Crippen molar-refractivity contribution in [1.82, 2.24) is 10.3 Å². The summed E-state index contributed by atoms with van der Waals surface area (Å²) in [4.78, 5) is 4.73. The number of aromatic nitrogens is 1. The fourth-order valence-electron chi connectivity index (χ4n) is 2.47. The molecule has 1 fully saturated rings. The van der Waals surface area contributed by atoms with E-state index in [4.69, 9.17) is 4.98 Å². The van der Waals surface area contributed by atoms with Crippen LogP contribution in [-0.4, -0.2) is 17.6 Å². The molecule has 0 spiro atoms. The van der Waals surface area contributed by atoms with E-state index in [9.17, 15) is 0 Å². The van der Waals surface area contributed by atoms with Crippen LogP contribution < -0.4 is 5.32 Å². The SMILES string of the molecule is c1ccc(-c2csc(CCC3CCCN3)n2)cc1. The molecular formula is C15H18N2S. The first-order chi connectivity index (χ1) is 8.92. The zero-order valence-corrected chi connectivity index (χ0v) is 11.2. The lowest BCUT2D eigenvalue weighted by Gasteiger charge is -2.07. The maximum atomic E-state index is 4.73. The van der Waals surface area contributed by atoms with Gasteiger partial charge in [-0.2, -0.15) is 0 Å². The van der Waals surface area contributed by atoms with E-state index >= 15 is 0 Å². The van der Waals surface area contributed by atoms with E-state index in [1.165, 1.54) is 36.4 Å². The fourth-order valence-corrected chi connectivity index (χ4v) is 3.29. The van der Waals surface area contributed by atoms with Crippen LogP contribution in [0, 0.1) is 0 Å². The Kier molecular flexibility index (Phi) is 3.72. The Balaban J connectivity index is 1.63. The molecule has 0 bridgehead atoms. The van der Waals surface area contributed by atoms with Crippen molar-refractivity contribution in [2.24, 2.45) is 0 Å². The van der Waals surface area contributed by atoms with Crippen LogP contribution >= 0.6 is 11.3 Å². The summed E-state index contributed by atoms with van der Waals surface area (Å²) in [6.07, 6.45) is 4.99. The number of nitrogens with one attached hydrogen (secondary N) is 1. The average Bonchev–Trinajstić information content (AvgIpc) is 3.09. The summed E-state index contributed by atoms with van der Waals surface area (Å²) in [5, 5.41) is 6.98. The first-order valence-electron chi connectivity index (χ1n) is 6.65. The second-order valence-corrected chi connectivity index (χ2v) is 5.77. The van der Waals surface area contributed by atoms with Crippen LogP contribution in [0.25, 0.3) is 11.3 Å². The lowest BCUT2D eigenvalue weighted by molar-refractivity contribution is 0.558. The lowest BCUT2D eigenvalue weighted by atomic mass is 10.1. The minimum absolute atomic E-state index is 0.717. The molecule has 2 heterocycles. The van der Waals surface area contributed by atoms with Crippen molar-refractivity contribution in [2.75, 3.05) is 6.54 Å². The molecule has 2 aromatic rings. The summed E-state index contributed by atoms with van der Waals surface area (Å²) < 4.78 is 0. The van der Waals surface area contributed by atoms with Crippen LogP contribution in [-0.2, 0) is 6.42 Å². The first-order valence-corrected chi connectivity index (χ1v) is 7.53.